The third kappa shape index (κ3) is 6.34. The molecule has 0 spiro atoms. The first kappa shape index (κ1) is 26.7. The van der Waals surface area contributed by atoms with Crippen molar-refractivity contribution in [3.05, 3.63) is 17.0 Å². The molecular formula is C21H37Cl2N5O2. The second kappa shape index (κ2) is 11.9. The van der Waals surface area contributed by atoms with E-state index in [4.69, 9.17) is 0 Å². The molecule has 3 heterocycles. The summed E-state index contributed by atoms with van der Waals surface area (Å²) >= 11 is 0. The molecule has 3 unspecified atom stereocenters. The maximum Gasteiger partial charge on any atom is 0.237 e. The SMILES string of the molecule is Cc1nn(C)c(C)c1CC(C)C(=O)N1CCCC(CNC(=O)C2CCCN2)C1.Cl.Cl. The van der Waals surface area contributed by atoms with Crippen LogP contribution in [0.2, 0.25) is 0 Å². The molecule has 0 bridgehead atoms. The summed E-state index contributed by atoms with van der Waals surface area (Å²) in [6.45, 7) is 9.25. The van der Waals surface area contributed by atoms with Crippen molar-refractivity contribution in [3.8, 4) is 0 Å². The van der Waals surface area contributed by atoms with Crippen LogP contribution in [0.5, 0.6) is 0 Å². The van der Waals surface area contributed by atoms with Crippen molar-refractivity contribution < 1.29 is 9.59 Å². The first-order valence-electron chi connectivity index (χ1n) is 10.7. The summed E-state index contributed by atoms with van der Waals surface area (Å²) in [6, 6.07) is -0.0349. The predicted octanol–water partition coefficient (Wildman–Crippen LogP) is 2.17. The van der Waals surface area contributed by atoms with Crippen LogP contribution in [0.1, 0.15) is 49.6 Å². The lowest BCUT2D eigenvalue weighted by Gasteiger charge is -2.34. The summed E-state index contributed by atoms with van der Waals surface area (Å²) in [6.07, 6.45) is 4.79. The van der Waals surface area contributed by atoms with Crippen LogP contribution in [0.3, 0.4) is 0 Å². The van der Waals surface area contributed by atoms with E-state index in [1.165, 1.54) is 5.56 Å². The molecule has 2 saturated heterocycles. The summed E-state index contributed by atoms with van der Waals surface area (Å²) in [5, 5.41) is 10.8. The maximum atomic E-state index is 13.0. The number of likely N-dealkylation sites (tertiary alicyclic amines) is 1. The molecular weight excluding hydrogens is 425 g/mol. The van der Waals surface area contributed by atoms with Gasteiger partial charge in [-0.25, -0.2) is 0 Å². The molecule has 0 radical (unpaired) electrons. The van der Waals surface area contributed by atoms with E-state index in [0.717, 1.165) is 63.1 Å². The molecule has 3 rings (SSSR count). The van der Waals surface area contributed by atoms with Crippen molar-refractivity contribution in [3.63, 3.8) is 0 Å². The number of rotatable bonds is 6. The zero-order valence-corrected chi connectivity index (χ0v) is 20.2. The third-order valence-electron chi connectivity index (χ3n) is 6.36. The Balaban J connectivity index is 0.00000225. The van der Waals surface area contributed by atoms with Gasteiger partial charge in [0.05, 0.1) is 11.7 Å². The van der Waals surface area contributed by atoms with Crippen molar-refractivity contribution in [1.29, 1.82) is 0 Å². The molecule has 2 aliphatic heterocycles. The zero-order chi connectivity index (χ0) is 20.3. The first-order valence-corrected chi connectivity index (χ1v) is 10.7. The summed E-state index contributed by atoms with van der Waals surface area (Å²) in [4.78, 5) is 27.2. The predicted molar refractivity (Wildman–Crippen MR) is 123 cm³/mol. The average Bonchev–Trinajstić information content (AvgIpc) is 3.30. The largest absolute Gasteiger partial charge is 0.354 e. The number of hydrogen-bond donors (Lipinski definition) is 2. The number of nitrogens with one attached hydrogen (secondary N) is 2. The van der Waals surface area contributed by atoms with Crippen LogP contribution in [0.4, 0.5) is 0 Å². The Morgan fingerprint density at radius 3 is 2.57 bits per heavy atom. The van der Waals surface area contributed by atoms with E-state index in [0.29, 0.717) is 12.5 Å². The average molecular weight is 462 g/mol. The van der Waals surface area contributed by atoms with Gasteiger partial charge in [0, 0.05) is 38.3 Å². The van der Waals surface area contributed by atoms with E-state index in [9.17, 15) is 9.59 Å². The second-order valence-corrected chi connectivity index (χ2v) is 8.56. The molecule has 2 N–H and O–H groups in total. The Morgan fingerprint density at radius 1 is 1.23 bits per heavy atom. The number of amides is 2. The van der Waals surface area contributed by atoms with Gasteiger partial charge in [0.15, 0.2) is 0 Å². The summed E-state index contributed by atoms with van der Waals surface area (Å²) in [5.74, 6) is 0.614. The third-order valence-corrected chi connectivity index (χ3v) is 6.36. The molecule has 30 heavy (non-hydrogen) atoms. The van der Waals surface area contributed by atoms with Crippen LogP contribution in [0, 0.1) is 25.7 Å². The maximum absolute atomic E-state index is 13.0. The van der Waals surface area contributed by atoms with E-state index in [1.807, 2.05) is 30.5 Å². The first-order chi connectivity index (χ1) is 13.4. The molecule has 7 nitrogen and oxygen atoms in total. The number of aryl methyl sites for hydroxylation is 2. The number of nitrogens with zero attached hydrogens (tertiary/aromatic N) is 3. The highest BCUT2D eigenvalue weighted by Gasteiger charge is 2.29. The number of halogens is 2. The molecule has 0 saturated carbocycles. The number of carbonyl (C=O) groups is 2. The Labute approximate surface area is 192 Å². The van der Waals surface area contributed by atoms with Gasteiger partial charge >= 0.3 is 0 Å². The van der Waals surface area contributed by atoms with Gasteiger partial charge in [-0.1, -0.05) is 6.92 Å². The minimum Gasteiger partial charge on any atom is -0.354 e. The van der Waals surface area contributed by atoms with Crippen molar-refractivity contribution in [1.82, 2.24) is 25.3 Å². The fourth-order valence-electron chi connectivity index (χ4n) is 4.53. The Kier molecular flexibility index (Phi) is 10.6. The lowest BCUT2D eigenvalue weighted by atomic mass is 9.94. The van der Waals surface area contributed by atoms with E-state index >= 15 is 0 Å². The standard InChI is InChI=1S/C21H35N5O2.2ClH/c1-14(11-18-15(2)24-25(4)16(18)3)21(28)26-10-6-7-17(13-26)12-23-20(27)19-8-5-9-22-19;;/h14,17,19,22H,5-13H2,1-4H3,(H,23,27);2*1H. The highest BCUT2D eigenvalue weighted by Crippen LogP contribution is 2.22. The molecule has 1 aromatic rings. The summed E-state index contributed by atoms with van der Waals surface area (Å²) in [7, 11) is 1.95. The molecule has 1 aromatic heterocycles. The van der Waals surface area contributed by atoms with Gasteiger partial charge in [-0.2, -0.15) is 5.10 Å². The van der Waals surface area contributed by atoms with E-state index in [1.54, 1.807) is 0 Å². The lowest BCUT2D eigenvalue weighted by Crippen LogP contribution is -2.47. The van der Waals surface area contributed by atoms with Gasteiger partial charge in [0.2, 0.25) is 11.8 Å². The quantitative estimate of drug-likeness (QED) is 0.679. The smallest absolute Gasteiger partial charge is 0.237 e. The molecule has 9 heteroatoms. The van der Waals surface area contributed by atoms with Crippen molar-refractivity contribution >= 4 is 36.6 Å². The number of carbonyl (C=O) groups excluding carboxylic acids is 2. The van der Waals surface area contributed by atoms with Gasteiger partial charge in [0.1, 0.15) is 0 Å². The lowest BCUT2D eigenvalue weighted by molar-refractivity contribution is -0.136. The van der Waals surface area contributed by atoms with Crippen molar-refractivity contribution in [2.75, 3.05) is 26.2 Å². The number of piperidine rings is 1. The van der Waals surface area contributed by atoms with Crippen LogP contribution in [-0.4, -0.2) is 58.7 Å². The molecule has 3 atom stereocenters. The van der Waals surface area contributed by atoms with E-state index in [-0.39, 0.29) is 48.6 Å². The van der Waals surface area contributed by atoms with Gasteiger partial charge in [-0.3, -0.25) is 14.3 Å². The normalized spacial score (nSPS) is 22.1. The van der Waals surface area contributed by atoms with Gasteiger partial charge in [-0.05, 0) is 64.0 Å². The molecule has 0 aromatic carbocycles. The van der Waals surface area contributed by atoms with Gasteiger partial charge in [-0.15, -0.1) is 24.8 Å². The van der Waals surface area contributed by atoms with Gasteiger partial charge in [0.25, 0.3) is 0 Å². The molecule has 172 valence electrons. The zero-order valence-electron chi connectivity index (χ0n) is 18.6. The highest BCUT2D eigenvalue weighted by molar-refractivity contribution is 5.85. The Morgan fingerprint density at radius 2 is 1.97 bits per heavy atom. The van der Waals surface area contributed by atoms with Crippen LogP contribution < -0.4 is 10.6 Å². The minimum absolute atomic E-state index is 0. The van der Waals surface area contributed by atoms with Crippen LogP contribution >= 0.6 is 24.8 Å². The Bertz CT molecular complexity index is 718. The monoisotopic (exact) mass is 461 g/mol. The topological polar surface area (TPSA) is 79.3 Å². The van der Waals surface area contributed by atoms with E-state index < -0.39 is 0 Å². The minimum atomic E-state index is -0.0578. The van der Waals surface area contributed by atoms with Gasteiger partial charge < -0.3 is 15.5 Å². The number of hydrogen-bond acceptors (Lipinski definition) is 4. The summed E-state index contributed by atoms with van der Waals surface area (Å²) < 4.78 is 1.89. The van der Waals surface area contributed by atoms with Crippen LogP contribution in [0.25, 0.3) is 0 Å². The fourth-order valence-corrected chi connectivity index (χ4v) is 4.53. The van der Waals surface area contributed by atoms with E-state index in [2.05, 4.69) is 22.7 Å². The van der Waals surface area contributed by atoms with Crippen molar-refractivity contribution in [2.24, 2.45) is 18.9 Å². The molecule has 2 fully saturated rings. The summed E-state index contributed by atoms with van der Waals surface area (Å²) in [5.41, 5.74) is 3.34. The van der Waals surface area contributed by atoms with Crippen molar-refractivity contribution in [2.45, 2.75) is 58.9 Å². The fraction of sp³-hybridized carbons (Fsp3) is 0.762. The molecule has 0 aliphatic carbocycles. The highest BCUT2D eigenvalue weighted by atomic mass is 35.5. The number of aromatic nitrogens is 2. The van der Waals surface area contributed by atoms with Crippen LogP contribution in [-0.2, 0) is 23.1 Å². The second-order valence-electron chi connectivity index (χ2n) is 8.56. The molecule has 2 aliphatic rings. The molecule has 2 amide bonds. The Hall–Kier alpha value is -1.31. The van der Waals surface area contributed by atoms with Crippen LogP contribution in [0.15, 0.2) is 0 Å².